The lowest BCUT2D eigenvalue weighted by Crippen LogP contribution is -2.39. The van der Waals surface area contributed by atoms with Crippen LogP contribution < -0.4 is 10.2 Å². The quantitative estimate of drug-likeness (QED) is 0.680. The number of piperidine rings is 2. The van der Waals surface area contributed by atoms with Gasteiger partial charge in [-0.2, -0.15) is 4.52 Å². The third kappa shape index (κ3) is 4.15. The molecule has 2 fully saturated rings. The van der Waals surface area contributed by atoms with E-state index in [4.69, 9.17) is 0 Å². The molecule has 2 saturated heterocycles. The van der Waals surface area contributed by atoms with Gasteiger partial charge >= 0.3 is 0 Å². The number of aromatic nitrogens is 4. The molecule has 2 aromatic heterocycles. The number of nitrogens with zero attached hydrogens (tertiary/aromatic N) is 6. The van der Waals surface area contributed by atoms with Crippen LogP contribution in [-0.2, 0) is 4.79 Å². The van der Waals surface area contributed by atoms with Crippen LogP contribution in [0.3, 0.4) is 0 Å². The fourth-order valence-electron chi connectivity index (χ4n) is 4.54. The van der Waals surface area contributed by atoms with Gasteiger partial charge in [-0.25, -0.2) is 0 Å². The summed E-state index contributed by atoms with van der Waals surface area (Å²) in [6.45, 7) is 3.06. The van der Waals surface area contributed by atoms with Crippen LogP contribution in [0.4, 0.5) is 11.5 Å². The monoisotopic (exact) mass is 433 g/mol. The Bertz CT molecular complexity index is 1110. The standard InChI is InChI=1S/C23H27N7O2/c31-22(25-19-7-3-2-6-18(19)23(32)29-12-4-1-5-13-29)17-10-14-28(15-11-17)21-9-8-20-26-24-16-30(20)27-21/h2-3,6-9,16-17H,1,4-5,10-15H2,(H,25,31). The van der Waals surface area contributed by atoms with Crippen LogP contribution in [0.1, 0.15) is 42.5 Å². The average Bonchev–Trinajstić information content (AvgIpc) is 3.33. The summed E-state index contributed by atoms with van der Waals surface area (Å²) in [5.74, 6) is 0.744. The van der Waals surface area contributed by atoms with Gasteiger partial charge in [0.05, 0.1) is 11.3 Å². The molecule has 0 atom stereocenters. The Morgan fingerprint density at radius 1 is 0.938 bits per heavy atom. The van der Waals surface area contributed by atoms with E-state index in [1.165, 1.54) is 6.42 Å². The zero-order chi connectivity index (χ0) is 21.9. The van der Waals surface area contributed by atoms with Crippen LogP contribution in [0.2, 0.25) is 0 Å². The van der Waals surface area contributed by atoms with Crippen LogP contribution in [0.15, 0.2) is 42.7 Å². The van der Waals surface area contributed by atoms with Gasteiger partial charge in [-0.1, -0.05) is 12.1 Å². The molecule has 9 nitrogen and oxygen atoms in total. The molecule has 5 rings (SSSR count). The Morgan fingerprint density at radius 2 is 1.72 bits per heavy atom. The highest BCUT2D eigenvalue weighted by atomic mass is 16.2. The number of para-hydroxylation sites is 1. The number of carbonyl (C=O) groups is 2. The topological polar surface area (TPSA) is 95.7 Å². The first kappa shape index (κ1) is 20.4. The summed E-state index contributed by atoms with van der Waals surface area (Å²) < 4.78 is 1.66. The van der Waals surface area contributed by atoms with Gasteiger partial charge in [0, 0.05) is 32.1 Å². The van der Waals surface area contributed by atoms with Crippen LogP contribution >= 0.6 is 0 Å². The van der Waals surface area contributed by atoms with Gasteiger partial charge in [-0.3, -0.25) is 9.59 Å². The van der Waals surface area contributed by atoms with E-state index < -0.39 is 0 Å². The van der Waals surface area contributed by atoms with E-state index in [0.717, 1.165) is 57.7 Å². The molecule has 4 heterocycles. The molecule has 32 heavy (non-hydrogen) atoms. The molecule has 3 aromatic rings. The maximum Gasteiger partial charge on any atom is 0.255 e. The van der Waals surface area contributed by atoms with Crippen molar-refractivity contribution in [1.29, 1.82) is 0 Å². The number of amides is 2. The summed E-state index contributed by atoms with van der Waals surface area (Å²) in [6, 6.07) is 11.2. The van der Waals surface area contributed by atoms with Crippen molar-refractivity contribution in [3.63, 3.8) is 0 Å². The highest BCUT2D eigenvalue weighted by Crippen LogP contribution is 2.25. The summed E-state index contributed by atoms with van der Waals surface area (Å²) in [7, 11) is 0. The third-order valence-corrected chi connectivity index (χ3v) is 6.40. The molecule has 2 aliphatic heterocycles. The molecule has 1 N–H and O–H groups in total. The summed E-state index contributed by atoms with van der Waals surface area (Å²) in [5, 5.41) is 15.4. The van der Waals surface area contributed by atoms with E-state index in [-0.39, 0.29) is 17.7 Å². The van der Waals surface area contributed by atoms with E-state index in [2.05, 4.69) is 25.5 Å². The van der Waals surface area contributed by atoms with Crippen molar-refractivity contribution in [3.05, 3.63) is 48.3 Å². The molecule has 0 unspecified atom stereocenters. The highest BCUT2D eigenvalue weighted by Gasteiger charge is 2.27. The van der Waals surface area contributed by atoms with E-state index in [1.807, 2.05) is 41.3 Å². The van der Waals surface area contributed by atoms with Gasteiger partial charge in [0.2, 0.25) is 5.91 Å². The zero-order valence-electron chi connectivity index (χ0n) is 18.0. The maximum atomic E-state index is 13.0. The molecule has 0 saturated carbocycles. The average molecular weight is 434 g/mol. The Kier molecular flexibility index (Phi) is 5.70. The van der Waals surface area contributed by atoms with Crippen molar-refractivity contribution < 1.29 is 9.59 Å². The Morgan fingerprint density at radius 3 is 2.53 bits per heavy atom. The van der Waals surface area contributed by atoms with E-state index >= 15 is 0 Å². The minimum absolute atomic E-state index is 0.00544. The van der Waals surface area contributed by atoms with Crippen molar-refractivity contribution in [3.8, 4) is 0 Å². The van der Waals surface area contributed by atoms with Crippen molar-refractivity contribution in [2.45, 2.75) is 32.1 Å². The van der Waals surface area contributed by atoms with Gasteiger partial charge < -0.3 is 15.1 Å². The number of anilines is 2. The molecule has 0 bridgehead atoms. The van der Waals surface area contributed by atoms with Gasteiger partial charge in [0.25, 0.3) is 5.91 Å². The summed E-state index contributed by atoms with van der Waals surface area (Å²) in [4.78, 5) is 30.1. The normalized spacial score (nSPS) is 17.5. The molecule has 0 spiro atoms. The lowest BCUT2D eigenvalue weighted by molar-refractivity contribution is -0.120. The predicted molar refractivity (Wildman–Crippen MR) is 121 cm³/mol. The number of carbonyl (C=O) groups excluding carboxylic acids is 2. The molecule has 0 radical (unpaired) electrons. The van der Waals surface area contributed by atoms with Gasteiger partial charge in [0.15, 0.2) is 5.65 Å². The first-order valence-electron chi connectivity index (χ1n) is 11.3. The van der Waals surface area contributed by atoms with Crippen molar-refractivity contribution in [2.75, 3.05) is 36.4 Å². The Hall–Kier alpha value is -3.49. The highest BCUT2D eigenvalue weighted by molar-refractivity contribution is 6.04. The van der Waals surface area contributed by atoms with E-state index in [1.54, 1.807) is 10.8 Å². The molecule has 2 amide bonds. The second-order valence-electron chi connectivity index (χ2n) is 8.47. The molecule has 9 heteroatoms. The van der Waals surface area contributed by atoms with E-state index in [9.17, 15) is 9.59 Å². The minimum Gasteiger partial charge on any atom is -0.355 e. The smallest absolute Gasteiger partial charge is 0.255 e. The Balaban J connectivity index is 1.22. The lowest BCUT2D eigenvalue weighted by atomic mass is 9.95. The fourth-order valence-corrected chi connectivity index (χ4v) is 4.54. The van der Waals surface area contributed by atoms with Gasteiger partial charge in [0.1, 0.15) is 12.1 Å². The van der Waals surface area contributed by atoms with Gasteiger partial charge in [-0.05, 0) is 56.4 Å². The number of benzene rings is 1. The van der Waals surface area contributed by atoms with Crippen molar-refractivity contribution >= 4 is 29.0 Å². The second kappa shape index (κ2) is 8.94. The van der Waals surface area contributed by atoms with Crippen LogP contribution in [0, 0.1) is 5.92 Å². The number of hydrogen-bond donors (Lipinski definition) is 1. The van der Waals surface area contributed by atoms with Gasteiger partial charge in [-0.15, -0.1) is 15.3 Å². The SMILES string of the molecule is O=C(Nc1ccccc1C(=O)N1CCCCC1)C1CCN(c2ccc3nncn3n2)CC1. The second-order valence-corrected chi connectivity index (χ2v) is 8.47. The largest absolute Gasteiger partial charge is 0.355 e. The predicted octanol–water partition coefficient (Wildman–Crippen LogP) is 2.61. The lowest BCUT2D eigenvalue weighted by Gasteiger charge is -2.32. The molecule has 2 aliphatic rings. The van der Waals surface area contributed by atoms with Crippen LogP contribution in [-0.4, -0.2) is 62.7 Å². The zero-order valence-corrected chi connectivity index (χ0v) is 18.0. The minimum atomic E-state index is -0.0944. The summed E-state index contributed by atoms with van der Waals surface area (Å²) in [6.07, 6.45) is 6.30. The number of likely N-dealkylation sites (tertiary alicyclic amines) is 1. The number of hydrogen-bond acceptors (Lipinski definition) is 6. The van der Waals surface area contributed by atoms with Crippen molar-refractivity contribution in [2.24, 2.45) is 5.92 Å². The Labute approximate surface area is 186 Å². The number of fused-ring (bicyclic) bond motifs is 1. The fraction of sp³-hybridized carbons (Fsp3) is 0.435. The van der Waals surface area contributed by atoms with Crippen LogP contribution in [0.25, 0.3) is 5.65 Å². The maximum absolute atomic E-state index is 13.0. The molecule has 1 aromatic carbocycles. The van der Waals surface area contributed by atoms with Crippen molar-refractivity contribution in [1.82, 2.24) is 24.7 Å². The molecular weight excluding hydrogens is 406 g/mol. The van der Waals surface area contributed by atoms with Crippen LogP contribution in [0.5, 0.6) is 0 Å². The first-order chi connectivity index (χ1) is 15.7. The molecular formula is C23H27N7O2. The first-order valence-corrected chi connectivity index (χ1v) is 11.3. The summed E-state index contributed by atoms with van der Waals surface area (Å²) in [5.41, 5.74) is 1.89. The summed E-state index contributed by atoms with van der Waals surface area (Å²) >= 11 is 0. The molecule has 166 valence electrons. The number of rotatable bonds is 4. The van der Waals surface area contributed by atoms with E-state index in [0.29, 0.717) is 16.9 Å². The third-order valence-electron chi connectivity index (χ3n) is 6.40. The molecule has 0 aliphatic carbocycles. The number of nitrogens with one attached hydrogen (secondary N) is 1.